The number of phenolic OH excluding ortho intramolecular Hbond substituents is 1. The van der Waals surface area contributed by atoms with Gasteiger partial charge >= 0.3 is 0 Å². The molecule has 9 nitrogen and oxygen atoms in total. The molecule has 2 aliphatic rings. The molecule has 0 aliphatic carbocycles. The summed E-state index contributed by atoms with van der Waals surface area (Å²) in [6.45, 7) is -0.502. The lowest BCUT2D eigenvalue weighted by Crippen LogP contribution is -2.57. The molecule has 1 amide bonds. The number of amides is 1. The van der Waals surface area contributed by atoms with Crippen molar-refractivity contribution in [3.8, 4) is 16.9 Å². The number of benzene rings is 4. The van der Waals surface area contributed by atoms with E-state index in [0.717, 1.165) is 16.7 Å². The van der Waals surface area contributed by atoms with Crippen LogP contribution in [-0.4, -0.2) is 73.7 Å². The molecule has 250 valence electrons. The van der Waals surface area contributed by atoms with Gasteiger partial charge in [-0.3, -0.25) is 4.79 Å². The number of phenols is 1. The lowest BCUT2D eigenvalue weighted by atomic mass is 9.77. The smallest absolute Gasteiger partial charge is 0.233 e. The van der Waals surface area contributed by atoms with Crippen LogP contribution in [0.15, 0.2) is 103 Å². The van der Waals surface area contributed by atoms with Gasteiger partial charge in [-0.2, -0.15) is 0 Å². The number of hydrogen-bond acceptors (Lipinski definition) is 8. The summed E-state index contributed by atoms with van der Waals surface area (Å²) in [6.07, 6.45) is -3.09. The Hall–Kier alpha value is -4.42. The minimum absolute atomic E-state index is 0.0293. The number of carbonyl (C=O) groups is 1. The van der Waals surface area contributed by atoms with Gasteiger partial charge in [0.05, 0.1) is 24.7 Å². The number of aliphatic hydroxyl groups is 5. The highest BCUT2D eigenvalue weighted by Crippen LogP contribution is 2.49. The Labute approximate surface area is 277 Å². The second-order valence-electron chi connectivity index (χ2n) is 12.3. The number of halogens is 1. The molecule has 0 bridgehead atoms. The summed E-state index contributed by atoms with van der Waals surface area (Å²) in [7, 11) is 0. The lowest BCUT2D eigenvalue weighted by molar-refractivity contribution is -0.216. The molecule has 0 unspecified atom stereocenters. The minimum atomic E-state index is -1.45. The van der Waals surface area contributed by atoms with E-state index < -0.39 is 61.0 Å². The van der Waals surface area contributed by atoms with Crippen LogP contribution in [0.3, 0.4) is 0 Å². The highest BCUT2D eigenvalue weighted by Gasteiger charge is 2.49. The number of aromatic hydroxyl groups is 1. The minimum Gasteiger partial charge on any atom is -0.508 e. The summed E-state index contributed by atoms with van der Waals surface area (Å²) in [5.74, 6) is -0.945. The van der Waals surface area contributed by atoms with Crippen LogP contribution in [0.1, 0.15) is 41.7 Å². The van der Waals surface area contributed by atoms with Crippen molar-refractivity contribution in [2.24, 2.45) is 5.92 Å². The van der Waals surface area contributed by atoms with Gasteiger partial charge in [0.1, 0.15) is 42.1 Å². The Morgan fingerprint density at radius 3 is 2.21 bits per heavy atom. The first-order valence-corrected chi connectivity index (χ1v) is 15.9. The zero-order valence-corrected chi connectivity index (χ0v) is 26.0. The zero-order valence-electron chi connectivity index (χ0n) is 26.0. The molecule has 0 radical (unpaired) electrons. The number of aliphatic hydroxyl groups excluding tert-OH is 5. The molecule has 2 fully saturated rings. The first-order valence-electron chi connectivity index (χ1n) is 15.9. The fourth-order valence-electron chi connectivity index (χ4n) is 6.51. The molecule has 10 heteroatoms. The maximum atomic E-state index is 13.5. The van der Waals surface area contributed by atoms with Gasteiger partial charge in [-0.15, -0.1) is 0 Å². The summed E-state index contributed by atoms with van der Waals surface area (Å²) >= 11 is 0. The van der Waals surface area contributed by atoms with E-state index in [1.807, 2.05) is 66.7 Å². The average Bonchev–Trinajstić information content (AvgIpc) is 3.10. The fourth-order valence-corrected chi connectivity index (χ4v) is 6.51. The summed E-state index contributed by atoms with van der Waals surface area (Å²) in [5, 5.41) is 61.8. The molecular formula is C38H38FNO8. The molecule has 8 atom stereocenters. The number of para-hydroxylation sites is 1. The maximum absolute atomic E-state index is 13.5. The van der Waals surface area contributed by atoms with Crippen molar-refractivity contribution in [1.29, 1.82) is 0 Å². The Kier molecular flexibility index (Phi) is 10.0. The predicted octanol–water partition coefficient (Wildman–Crippen LogP) is 4.27. The first-order chi connectivity index (χ1) is 23.2. The van der Waals surface area contributed by atoms with E-state index in [1.54, 1.807) is 23.1 Å². The van der Waals surface area contributed by atoms with E-state index in [4.69, 9.17) is 4.74 Å². The fraction of sp³-hybridized carbons (Fsp3) is 0.289. The van der Waals surface area contributed by atoms with Crippen molar-refractivity contribution in [2.75, 3.05) is 11.5 Å². The number of β-lactam (4-membered cyclic amide) rings is 1. The SMILES string of the molecule is O=C1[C@H](CC[C@H](O)c2ccc(F)cc2)[C@@H](c2ccc(-c3ccc(/C=C/[C@@H]4O[C@H](CO)[C@@H](O)[C@H](O)[C@H]4O)cc3)cc2O)N1c1ccccc1. The standard InChI is InChI=1S/C38H38FNO8/c39-26-14-11-24(12-15-26)30(42)18-17-29-34(40(38(29)47)27-4-2-1-3-5-27)28-16-13-25(20-31(28)43)23-9-6-22(7-10-23)8-19-32-35(44)37(46)36(45)33(21-41)48-32/h1-16,19-20,29-30,32-37,41-46H,17-18,21H2/b19-8+/t29-,30+,32+,33-,34-,35+,36-,37-/m1/s1. The molecular weight excluding hydrogens is 617 g/mol. The van der Waals surface area contributed by atoms with Gasteiger partial charge in [-0.05, 0) is 65.4 Å². The van der Waals surface area contributed by atoms with Crippen molar-refractivity contribution in [3.63, 3.8) is 0 Å². The molecule has 4 aromatic carbocycles. The van der Waals surface area contributed by atoms with E-state index >= 15 is 0 Å². The van der Waals surface area contributed by atoms with Crippen LogP contribution >= 0.6 is 0 Å². The van der Waals surface area contributed by atoms with E-state index in [0.29, 0.717) is 23.2 Å². The largest absolute Gasteiger partial charge is 0.508 e. The molecule has 0 aromatic heterocycles. The predicted molar refractivity (Wildman–Crippen MR) is 177 cm³/mol. The van der Waals surface area contributed by atoms with Crippen LogP contribution in [0, 0.1) is 11.7 Å². The van der Waals surface area contributed by atoms with Gasteiger partial charge < -0.3 is 40.3 Å². The van der Waals surface area contributed by atoms with Gasteiger partial charge in [-0.25, -0.2) is 4.39 Å². The van der Waals surface area contributed by atoms with Crippen LogP contribution in [0.25, 0.3) is 17.2 Å². The Morgan fingerprint density at radius 2 is 1.54 bits per heavy atom. The van der Waals surface area contributed by atoms with Crippen LogP contribution in [-0.2, 0) is 9.53 Å². The quantitative estimate of drug-likeness (QED) is 0.139. The average molecular weight is 656 g/mol. The number of nitrogens with zero attached hydrogens (tertiary/aromatic N) is 1. The summed E-state index contributed by atoms with van der Waals surface area (Å²) in [6, 6.07) is 27.2. The van der Waals surface area contributed by atoms with E-state index in [1.165, 1.54) is 24.3 Å². The molecule has 2 aliphatic heterocycles. The third-order valence-electron chi connectivity index (χ3n) is 9.25. The second-order valence-corrected chi connectivity index (χ2v) is 12.3. The number of anilines is 1. The monoisotopic (exact) mass is 655 g/mol. The number of carbonyl (C=O) groups excluding carboxylic acids is 1. The highest BCUT2D eigenvalue weighted by molar-refractivity contribution is 6.03. The van der Waals surface area contributed by atoms with Crippen molar-refractivity contribution in [2.45, 2.75) is 55.5 Å². The van der Waals surface area contributed by atoms with E-state index in [-0.39, 0.29) is 18.1 Å². The van der Waals surface area contributed by atoms with Crippen molar-refractivity contribution in [3.05, 3.63) is 126 Å². The van der Waals surface area contributed by atoms with Crippen LogP contribution in [0.2, 0.25) is 0 Å². The number of ether oxygens (including phenoxy) is 1. The molecule has 6 N–H and O–H groups in total. The molecule has 0 spiro atoms. The van der Waals surface area contributed by atoms with Gasteiger partial charge in [-0.1, -0.05) is 78.9 Å². The summed E-state index contributed by atoms with van der Waals surface area (Å²) in [5.41, 5.74) is 4.21. The summed E-state index contributed by atoms with van der Waals surface area (Å²) < 4.78 is 18.9. The molecule has 48 heavy (non-hydrogen) atoms. The summed E-state index contributed by atoms with van der Waals surface area (Å²) in [4.78, 5) is 15.1. The highest BCUT2D eigenvalue weighted by atomic mass is 19.1. The topological polar surface area (TPSA) is 151 Å². The Balaban J connectivity index is 1.18. The Bertz CT molecular complexity index is 1730. The third-order valence-corrected chi connectivity index (χ3v) is 9.25. The van der Waals surface area contributed by atoms with Crippen molar-refractivity contribution >= 4 is 17.7 Å². The number of hydrogen-bond donors (Lipinski definition) is 6. The first kappa shape index (κ1) is 33.5. The molecule has 4 aromatic rings. The van der Waals surface area contributed by atoms with Crippen molar-refractivity contribution in [1.82, 2.24) is 0 Å². The lowest BCUT2D eigenvalue weighted by Gasteiger charge is -2.48. The van der Waals surface area contributed by atoms with Gasteiger partial charge in [0, 0.05) is 11.3 Å². The van der Waals surface area contributed by atoms with Crippen LogP contribution in [0.5, 0.6) is 5.75 Å². The maximum Gasteiger partial charge on any atom is 0.233 e. The third kappa shape index (κ3) is 6.77. The number of rotatable bonds is 10. The second kappa shape index (κ2) is 14.4. The van der Waals surface area contributed by atoms with E-state index in [2.05, 4.69) is 0 Å². The molecule has 2 saturated heterocycles. The Morgan fingerprint density at radius 1 is 0.854 bits per heavy atom. The molecule has 6 rings (SSSR count). The molecule has 2 heterocycles. The molecule has 0 saturated carbocycles. The van der Waals surface area contributed by atoms with Crippen LogP contribution < -0.4 is 4.90 Å². The van der Waals surface area contributed by atoms with Gasteiger partial charge in [0.15, 0.2) is 0 Å². The van der Waals surface area contributed by atoms with Gasteiger partial charge in [0.2, 0.25) is 5.91 Å². The van der Waals surface area contributed by atoms with Crippen LogP contribution in [0.4, 0.5) is 10.1 Å². The van der Waals surface area contributed by atoms with E-state index in [9.17, 15) is 39.8 Å². The zero-order chi connectivity index (χ0) is 33.9. The van der Waals surface area contributed by atoms with Gasteiger partial charge in [0.25, 0.3) is 0 Å². The normalized spacial score (nSPS) is 26.4. The van der Waals surface area contributed by atoms with Crippen molar-refractivity contribution < 1.29 is 44.6 Å².